The molecule has 0 saturated carbocycles. The number of ether oxygens (including phenoxy) is 1. The lowest BCUT2D eigenvalue weighted by Crippen LogP contribution is -2.46. The molecule has 0 amide bonds. The molecule has 0 radical (unpaired) electrons. The van der Waals surface area contributed by atoms with Gasteiger partial charge in [-0.1, -0.05) is 6.92 Å². The summed E-state index contributed by atoms with van der Waals surface area (Å²) in [5, 5.41) is 3.45. The Morgan fingerprint density at radius 1 is 1.30 bits per heavy atom. The molecule has 0 aromatic carbocycles. The highest BCUT2D eigenvalue weighted by Crippen LogP contribution is 2.18. The molecule has 1 aromatic rings. The molecule has 1 N–H and O–H groups in total. The molecule has 1 aliphatic heterocycles. The third-order valence-electron chi connectivity index (χ3n) is 3.64. The SMILES string of the molecule is CC[C@@H](CNc1nccnc1N(C)C)N1CCOCC1. The number of nitrogens with one attached hydrogen (secondary N) is 1. The largest absolute Gasteiger partial charge is 0.379 e. The molecule has 20 heavy (non-hydrogen) atoms. The van der Waals surface area contributed by atoms with E-state index in [-0.39, 0.29) is 0 Å². The number of nitrogens with zero attached hydrogens (tertiary/aromatic N) is 4. The molecule has 0 aliphatic carbocycles. The zero-order chi connectivity index (χ0) is 14.4. The van der Waals surface area contributed by atoms with Gasteiger partial charge in [0.1, 0.15) is 0 Å². The standard InChI is InChI=1S/C14H25N5O/c1-4-12(19-7-9-20-10-8-19)11-17-13-14(18(2)3)16-6-5-15-13/h5-6,12H,4,7-11H2,1-3H3,(H,15,17)/t12-/m0/s1. The van der Waals surface area contributed by atoms with Gasteiger partial charge in [-0.3, -0.25) is 4.90 Å². The number of anilines is 2. The molecule has 2 rings (SSSR count). The number of hydrogen-bond donors (Lipinski definition) is 1. The molecule has 112 valence electrons. The van der Waals surface area contributed by atoms with Crippen LogP contribution in [0.4, 0.5) is 11.6 Å². The Balaban J connectivity index is 1.95. The highest BCUT2D eigenvalue weighted by Gasteiger charge is 2.19. The maximum Gasteiger partial charge on any atom is 0.171 e. The third kappa shape index (κ3) is 3.80. The van der Waals surface area contributed by atoms with E-state index in [1.165, 1.54) is 0 Å². The minimum atomic E-state index is 0.510. The monoisotopic (exact) mass is 279 g/mol. The quantitative estimate of drug-likeness (QED) is 0.840. The predicted octanol–water partition coefficient (Wildman–Crippen LogP) is 1.07. The van der Waals surface area contributed by atoms with Gasteiger partial charge in [0.15, 0.2) is 11.6 Å². The van der Waals surface area contributed by atoms with Gasteiger partial charge in [0.05, 0.1) is 13.2 Å². The van der Waals surface area contributed by atoms with Crippen molar-refractivity contribution in [1.82, 2.24) is 14.9 Å². The van der Waals surface area contributed by atoms with Crippen molar-refractivity contribution < 1.29 is 4.74 Å². The van der Waals surface area contributed by atoms with Crippen LogP contribution < -0.4 is 10.2 Å². The maximum atomic E-state index is 5.42. The molecule has 1 aromatic heterocycles. The Morgan fingerprint density at radius 2 is 2.00 bits per heavy atom. The first-order valence-electron chi connectivity index (χ1n) is 7.26. The van der Waals surface area contributed by atoms with Gasteiger partial charge >= 0.3 is 0 Å². The Morgan fingerprint density at radius 3 is 2.65 bits per heavy atom. The van der Waals surface area contributed by atoms with Crippen LogP contribution in [0.5, 0.6) is 0 Å². The zero-order valence-corrected chi connectivity index (χ0v) is 12.7. The van der Waals surface area contributed by atoms with Crippen LogP contribution in [0, 0.1) is 0 Å². The van der Waals surface area contributed by atoms with E-state index in [9.17, 15) is 0 Å². The average Bonchev–Trinajstić information content (AvgIpc) is 2.49. The molecule has 6 nitrogen and oxygen atoms in total. The smallest absolute Gasteiger partial charge is 0.171 e. The number of hydrogen-bond acceptors (Lipinski definition) is 6. The summed E-state index contributed by atoms with van der Waals surface area (Å²) in [7, 11) is 3.96. The average molecular weight is 279 g/mol. The van der Waals surface area contributed by atoms with Crippen molar-refractivity contribution in [3.8, 4) is 0 Å². The highest BCUT2D eigenvalue weighted by molar-refractivity contribution is 5.59. The van der Waals surface area contributed by atoms with E-state index in [0.29, 0.717) is 6.04 Å². The fourth-order valence-corrected chi connectivity index (χ4v) is 2.47. The van der Waals surface area contributed by atoms with Gasteiger partial charge in [0.2, 0.25) is 0 Å². The molecule has 2 heterocycles. The molecule has 1 aliphatic rings. The summed E-state index contributed by atoms with van der Waals surface area (Å²) in [4.78, 5) is 13.2. The molecule has 6 heteroatoms. The lowest BCUT2D eigenvalue weighted by Gasteiger charge is -2.34. The Bertz CT molecular complexity index is 406. The van der Waals surface area contributed by atoms with Crippen molar-refractivity contribution in [3.63, 3.8) is 0 Å². The van der Waals surface area contributed by atoms with Crippen LogP contribution in [-0.2, 0) is 4.74 Å². The summed E-state index contributed by atoms with van der Waals surface area (Å²) in [6, 6.07) is 0.510. The van der Waals surface area contributed by atoms with E-state index in [0.717, 1.165) is 50.9 Å². The molecule has 1 fully saturated rings. The predicted molar refractivity (Wildman–Crippen MR) is 81.3 cm³/mol. The van der Waals surface area contributed by atoms with Crippen molar-refractivity contribution in [3.05, 3.63) is 12.4 Å². The van der Waals surface area contributed by atoms with E-state index in [1.54, 1.807) is 12.4 Å². The summed E-state index contributed by atoms with van der Waals surface area (Å²) in [5.41, 5.74) is 0. The number of morpholine rings is 1. The van der Waals surface area contributed by atoms with Crippen LogP contribution in [-0.4, -0.2) is 67.9 Å². The molecular weight excluding hydrogens is 254 g/mol. The van der Waals surface area contributed by atoms with Gasteiger partial charge in [0.25, 0.3) is 0 Å². The Kier molecular flexibility index (Phi) is 5.55. The van der Waals surface area contributed by atoms with Crippen LogP contribution in [0.1, 0.15) is 13.3 Å². The molecule has 1 atom stereocenters. The molecule has 0 spiro atoms. The molecule has 0 bridgehead atoms. The van der Waals surface area contributed by atoms with E-state index in [1.807, 2.05) is 19.0 Å². The summed E-state index contributed by atoms with van der Waals surface area (Å²) < 4.78 is 5.42. The second-order valence-electron chi connectivity index (χ2n) is 5.21. The van der Waals surface area contributed by atoms with E-state index >= 15 is 0 Å². The van der Waals surface area contributed by atoms with Gasteiger partial charge in [0, 0.05) is 52.2 Å². The first kappa shape index (κ1) is 15.0. The fourth-order valence-electron chi connectivity index (χ4n) is 2.47. The van der Waals surface area contributed by atoms with Crippen molar-refractivity contribution in [1.29, 1.82) is 0 Å². The van der Waals surface area contributed by atoms with Crippen molar-refractivity contribution in [2.45, 2.75) is 19.4 Å². The van der Waals surface area contributed by atoms with Crippen LogP contribution in [0.15, 0.2) is 12.4 Å². The van der Waals surface area contributed by atoms with E-state index < -0.39 is 0 Å². The van der Waals surface area contributed by atoms with Crippen molar-refractivity contribution >= 4 is 11.6 Å². The Hall–Kier alpha value is -1.40. The van der Waals surface area contributed by atoms with Gasteiger partial charge in [-0.15, -0.1) is 0 Å². The molecule has 1 saturated heterocycles. The lowest BCUT2D eigenvalue weighted by molar-refractivity contribution is 0.0184. The molecule has 0 unspecified atom stereocenters. The lowest BCUT2D eigenvalue weighted by atomic mass is 10.1. The normalized spacial score (nSPS) is 17.8. The zero-order valence-electron chi connectivity index (χ0n) is 12.7. The van der Waals surface area contributed by atoms with Crippen molar-refractivity contribution in [2.24, 2.45) is 0 Å². The summed E-state index contributed by atoms with van der Waals surface area (Å²) in [6.07, 6.45) is 4.56. The van der Waals surface area contributed by atoms with E-state index in [2.05, 4.69) is 27.1 Å². The minimum absolute atomic E-state index is 0.510. The minimum Gasteiger partial charge on any atom is -0.379 e. The maximum absolute atomic E-state index is 5.42. The first-order valence-corrected chi connectivity index (χ1v) is 7.26. The first-order chi connectivity index (χ1) is 9.72. The Labute approximate surface area is 121 Å². The third-order valence-corrected chi connectivity index (χ3v) is 3.64. The second kappa shape index (κ2) is 7.40. The highest BCUT2D eigenvalue weighted by atomic mass is 16.5. The van der Waals surface area contributed by atoms with Gasteiger partial charge in [-0.25, -0.2) is 9.97 Å². The van der Waals surface area contributed by atoms with Gasteiger partial charge in [-0.2, -0.15) is 0 Å². The van der Waals surface area contributed by atoms with Crippen LogP contribution in [0.3, 0.4) is 0 Å². The van der Waals surface area contributed by atoms with Crippen molar-refractivity contribution in [2.75, 3.05) is 57.2 Å². The van der Waals surface area contributed by atoms with Crippen LogP contribution in [0.2, 0.25) is 0 Å². The summed E-state index contributed by atoms with van der Waals surface area (Å²) in [6.45, 7) is 6.82. The number of aromatic nitrogens is 2. The van der Waals surface area contributed by atoms with Gasteiger partial charge in [-0.05, 0) is 6.42 Å². The fraction of sp³-hybridized carbons (Fsp3) is 0.714. The van der Waals surface area contributed by atoms with E-state index in [4.69, 9.17) is 4.74 Å². The number of rotatable bonds is 6. The summed E-state index contributed by atoms with van der Waals surface area (Å²) in [5.74, 6) is 1.73. The summed E-state index contributed by atoms with van der Waals surface area (Å²) >= 11 is 0. The van der Waals surface area contributed by atoms with Gasteiger partial charge < -0.3 is 15.0 Å². The molecular formula is C14H25N5O. The second-order valence-corrected chi connectivity index (χ2v) is 5.21. The topological polar surface area (TPSA) is 53.5 Å². The van der Waals surface area contributed by atoms with Crippen LogP contribution in [0.25, 0.3) is 0 Å². The van der Waals surface area contributed by atoms with Crippen LogP contribution >= 0.6 is 0 Å².